The number of nitrogens with one attached hydrogen (secondary N) is 2. The maximum absolute atomic E-state index is 12.3. The quantitative estimate of drug-likeness (QED) is 0.730. The Morgan fingerprint density at radius 3 is 2.67 bits per heavy atom. The fourth-order valence-electron chi connectivity index (χ4n) is 2.52. The minimum atomic E-state index is -0.432. The highest BCUT2D eigenvalue weighted by atomic mass is 16.3. The van der Waals surface area contributed by atoms with Crippen molar-refractivity contribution in [1.29, 1.82) is 0 Å². The maximum atomic E-state index is 12.3. The molecule has 0 saturated carbocycles. The van der Waals surface area contributed by atoms with Crippen LogP contribution in [0.3, 0.4) is 0 Å². The van der Waals surface area contributed by atoms with E-state index in [0.29, 0.717) is 18.8 Å². The summed E-state index contributed by atoms with van der Waals surface area (Å²) in [7, 11) is 0. The SMILES string of the molecule is CCC(C)(CCO)NC(=O)Nc1cc(C)nn1Cc1ccccc1. The van der Waals surface area contributed by atoms with E-state index in [-0.39, 0.29) is 12.6 Å². The molecule has 2 aromatic rings. The van der Waals surface area contributed by atoms with Gasteiger partial charge in [-0.3, -0.25) is 5.32 Å². The smallest absolute Gasteiger partial charge is 0.320 e. The first-order valence-electron chi connectivity index (χ1n) is 8.24. The van der Waals surface area contributed by atoms with Crippen LogP contribution in [0, 0.1) is 6.92 Å². The molecule has 0 saturated heterocycles. The summed E-state index contributed by atoms with van der Waals surface area (Å²) in [5.74, 6) is 0.649. The van der Waals surface area contributed by atoms with E-state index in [0.717, 1.165) is 17.7 Å². The number of aliphatic hydroxyl groups excluding tert-OH is 1. The molecular weight excluding hydrogens is 304 g/mol. The van der Waals surface area contributed by atoms with Gasteiger partial charge in [0.1, 0.15) is 5.82 Å². The lowest BCUT2D eigenvalue weighted by atomic mass is 9.95. The third-order valence-electron chi connectivity index (χ3n) is 4.18. The number of aliphatic hydroxyl groups is 1. The Morgan fingerprint density at radius 2 is 2.04 bits per heavy atom. The highest BCUT2D eigenvalue weighted by Gasteiger charge is 2.24. The van der Waals surface area contributed by atoms with Gasteiger partial charge in [0, 0.05) is 18.2 Å². The average molecular weight is 330 g/mol. The highest BCUT2D eigenvalue weighted by molar-refractivity contribution is 5.88. The van der Waals surface area contributed by atoms with E-state index in [1.54, 1.807) is 4.68 Å². The Balaban J connectivity index is 2.08. The molecule has 6 nitrogen and oxygen atoms in total. The van der Waals surface area contributed by atoms with Crippen LogP contribution in [0.5, 0.6) is 0 Å². The summed E-state index contributed by atoms with van der Waals surface area (Å²) in [4.78, 5) is 12.3. The number of carbonyl (C=O) groups excluding carboxylic acids is 1. The zero-order valence-electron chi connectivity index (χ0n) is 14.5. The van der Waals surface area contributed by atoms with Gasteiger partial charge in [-0.1, -0.05) is 37.3 Å². The summed E-state index contributed by atoms with van der Waals surface area (Å²) in [5, 5.41) is 19.4. The second-order valence-corrected chi connectivity index (χ2v) is 6.28. The molecule has 6 heteroatoms. The van der Waals surface area contributed by atoms with Crippen LogP contribution < -0.4 is 10.6 Å². The molecule has 2 amide bonds. The molecule has 0 aliphatic rings. The van der Waals surface area contributed by atoms with Crippen LogP contribution in [0.25, 0.3) is 0 Å². The van der Waals surface area contributed by atoms with Crippen LogP contribution in [-0.2, 0) is 6.54 Å². The molecular formula is C18H26N4O2. The highest BCUT2D eigenvalue weighted by Crippen LogP contribution is 2.16. The van der Waals surface area contributed by atoms with Crippen molar-refractivity contribution in [3.63, 3.8) is 0 Å². The number of hydrogen-bond acceptors (Lipinski definition) is 3. The molecule has 3 N–H and O–H groups in total. The molecule has 1 aromatic carbocycles. The van der Waals surface area contributed by atoms with Crippen LogP contribution in [-0.4, -0.2) is 33.1 Å². The first kappa shape index (κ1) is 18.0. The Morgan fingerprint density at radius 1 is 1.33 bits per heavy atom. The van der Waals surface area contributed by atoms with Crippen LogP contribution in [0.4, 0.5) is 10.6 Å². The number of nitrogens with zero attached hydrogens (tertiary/aromatic N) is 2. The van der Waals surface area contributed by atoms with Gasteiger partial charge in [-0.25, -0.2) is 9.48 Å². The summed E-state index contributed by atoms with van der Waals surface area (Å²) < 4.78 is 1.78. The zero-order valence-corrected chi connectivity index (χ0v) is 14.5. The molecule has 0 fully saturated rings. The molecule has 0 bridgehead atoms. The topological polar surface area (TPSA) is 79.2 Å². The fraction of sp³-hybridized carbons (Fsp3) is 0.444. The van der Waals surface area contributed by atoms with Gasteiger partial charge in [0.2, 0.25) is 0 Å². The van der Waals surface area contributed by atoms with Crippen molar-refractivity contribution in [1.82, 2.24) is 15.1 Å². The summed E-state index contributed by atoms with van der Waals surface area (Å²) >= 11 is 0. The Labute approximate surface area is 142 Å². The number of amides is 2. The Kier molecular flexibility index (Phi) is 5.98. The molecule has 0 radical (unpaired) electrons. The van der Waals surface area contributed by atoms with E-state index >= 15 is 0 Å². The standard InChI is InChI=1S/C18H26N4O2/c1-4-18(3,10-11-23)20-17(24)19-16-12-14(2)21-22(16)13-15-8-6-5-7-9-15/h5-9,12,23H,4,10-11,13H2,1-3H3,(H2,19,20,24). The lowest BCUT2D eigenvalue weighted by Crippen LogP contribution is -2.48. The average Bonchev–Trinajstić information content (AvgIpc) is 2.87. The number of anilines is 1. The fourth-order valence-corrected chi connectivity index (χ4v) is 2.52. The molecule has 1 heterocycles. The summed E-state index contributed by atoms with van der Waals surface area (Å²) in [6, 6.07) is 11.5. The van der Waals surface area contributed by atoms with Crippen molar-refractivity contribution in [3.05, 3.63) is 47.7 Å². The van der Waals surface area contributed by atoms with E-state index in [9.17, 15) is 4.79 Å². The third kappa shape index (κ3) is 4.83. The molecule has 1 unspecified atom stereocenters. The van der Waals surface area contributed by atoms with Crippen molar-refractivity contribution >= 4 is 11.8 Å². The van der Waals surface area contributed by atoms with Gasteiger partial charge >= 0.3 is 6.03 Å². The zero-order chi connectivity index (χ0) is 17.6. The van der Waals surface area contributed by atoms with Gasteiger partial charge in [0.05, 0.1) is 12.2 Å². The van der Waals surface area contributed by atoms with Crippen LogP contribution in [0.15, 0.2) is 36.4 Å². The van der Waals surface area contributed by atoms with E-state index in [4.69, 9.17) is 5.11 Å². The van der Waals surface area contributed by atoms with Crippen molar-refractivity contribution in [2.75, 3.05) is 11.9 Å². The number of carbonyl (C=O) groups is 1. The Hall–Kier alpha value is -2.34. The second-order valence-electron chi connectivity index (χ2n) is 6.28. The summed E-state index contributed by atoms with van der Waals surface area (Å²) in [5.41, 5.74) is 1.52. The predicted octanol–water partition coefficient (Wildman–Crippen LogP) is 2.91. The molecule has 0 spiro atoms. The largest absolute Gasteiger partial charge is 0.396 e. The first-order valence-corrected chi connectivity index (χ1v) is 8.24. The number of rotatable bonds is 7. The number of aryl methyl sites for hydroxylation is 1. The van der Waals surface area contributed by atoms with Gasteiger partial charge < -0.3 is 10.4 Å². The second kappa shape index (κ2) is 7.97. The van der Waals surface area contributed by atoms with Gasteiger partial charge in [0.25, 0.3) is 0 Å². The van der Waals surface area contributed by atoms with Gasteiger partial charge in [-0.15, -0.1) is 0 Å². The van der Waals surface area contributed by atoms with Crippen molar-refractivity contribution in [2.24, 2.45) is 0 Å². The Bertz CT molecular complexity index is 669. The summed E-state index contributed by atoms with van der Waals surface area (Å²) in [6.45, 7) is 6.43. The minimum Gasteiger partial charge on any atom is -0.396 e. The van der Waals surface area contributed by atoms with Gasteiger partial charge in [-0.2, -0.15) is 5.10 Å². The molecule has 2 rings (SSSR count). The van der Waals surface area contributed by atoms with Crippen molar-refractivity contribution in [2.45, 2.75) is 45.7 Å². The molecule has 1 aromatic heterocycles. The van der Waals surface area contributed by atoms with Crippen molar-refractivity contribution in [3.8, 4) is 0 Å². The first-order chi connectivity index (χ1) is 11.5. The van der Waals surface area contributed by atoms with Gasteiger partial charge in [-0.05, 0) is 32.3 Å². The number of hydrogen-bond donors (Lipinski definition) is 3. The van der Waals surface area contributed by atoms with E-state index in [1.165, 1.54) is 0 Å². The van der Waals surface area contributed by atoms with E-state index in [2.05, 4.69) is 15.7 Å². The molecule has 24 heavy (non-hydrogen) atoms. The molecule has 130 valence electrons. The van der Waals surface area contributed by atoms with Crippen LogP contribution >= 0.6 is 0 Å². The normalized spacial score (nSPS) is 13.3. The van der Waals surface area contributed by atoms with Crippen LogP contribution in [0.2, 0.25) is 0 Å². The lowest BCUT2D eigenvalue weighted by molar-refractivity contribution is 0.208. The molecule has 0 aliphatic heterocycles. The number of urea groups is 1. The van der Waals surface area contributed by atoms with E-state index in [1.807, 2.05) is 57.2 Å². The minimum absolute atomic E-state index is 0.0374. The third-order valence-corrected chi connectivity index (χ3v) is 4.18. The number of benzene rings is 1. The summed E-state index contributed by atoms with van der Waals surface area (Å²) in [6.07, 6.45) is 1.25. The lowest BCUT2D eigenvalue weighted by Gasteiger charge is -2.29. The monoisotopic (exact) mass is 330 g/mol. The predicted molar refractivity (Wildman–Crippen MR) is 95.1 cm³/mol. The molecule has 1 atom stereocenters. The maximum Gasteiger partial charge on any atom is 0.320 e. The number of aromatic nitrogens is 2. The van der Waals surface area contributed by atoms with Gasteiger partial charge in [0.15, 0.2) is 0 Å². The van der Waals surface area contributed by atoms with Crippen LogP contribution in [0.1, 0.15) is 37.9 Å². The van der Waals surface area contributed by atoms with E-state index < -0.39 is 5.54 Å². The molecule has 0 aliphatic carbocycles. The van der Waals surface area contributed by atoms with Crippen molar-refractivity contribution < 1.29 is 9.90 Å².